The van der Waals surface area contributed by atoms with E-state index in [1.165, 1.54) is 0 Å². The zero-order valence-corrected chi connectivity index (χ0v) is 11.1. The molecule has 1 rings (SSSR count). The fourth-order valence-electron chi connectivity index (χ4n) is 1.23. The second kappa shape index (κ2) is 6.89. The maximum absolute atomic E-state index is 11.5. The van der Waals surface area contributed by atoms with Gasteiger partial charge in [-0.05, 0) is 53.5 Å². The van der Waals surface area contributed by atoms with Crippen molar-refractivity contribution in [1.29, 1.82) is 0 Å². The molecule has 0 saturated heterocycles. The van der Waals surface area contributed by atoms with E-state index in [9.17, 15) is 4.79 Å². The van der Waals surface area contributed by atoms with Crippen LogP contribution in [0.25, 0.3) is 0 Å². The van der Waals surface area contributed by atoms with Gasteiger partial charge in [0, 0.05) is 16.6 Å². The molecule has 0 radical (unpaired) electrons. The number of nitrogens with two attached hydrogens (primary N) is 1. The van der Waals surface area contributed by atoms with Crippen molar-refractivity contribution in [3.8, 4) is 0 Å². The van der Waals surface area contributed by atoms with Gasteiger partial charge in [0.15, 0.2) is 0 Å². The molecule has 0 heterocycles. The first-order chi connectivity index (χ1) is 7.63. The monoisotopic (exact) mass is 304 g/mol. The first kappa shape index (κ1) is 13.5. The number of nitrogens with one attached hydrogen (secondary N) is 1. The number of amides is 1. The molecule has 1 amide bonds. The van der Waals surface area contributed by atoms with Gasteiger partial charge >= 0.3 is 0 Å². The van der Waals surface area contributed by atoms with E-state index in [1.54, 1.807) is 18.2 Å². The number of unbranched alkanes of at least 4 members (excludes halogenated alkanes) is 1. The van der Waals surface area contributed by atoms with Crippen molar-refractivity contribution >= 4 is 39.1 Å². The summed E-state index contributed by atoms with van der Waals surface area (Å²) in [6.45, 7) is 0.625. The van der Waals surface area contributed by atoms with Gasteiger partial charge in [0.05, 0.1) is 5.02 Å². The van der Waals surface area contributed by atoms with Crippen molar-refractivity contribution in [1.82, 2.24) is 0 Å². The van der Waals surface area contributed by atoms with Gasteiger partial charge in [-0.1, -0.05) is 11.6 Å². The summed E-state index contributed by atoms with van der Waals surface area (Å²) < 4.78 is 0.772. The summed E-state index contributed by atoms with van der Waals surface area (Å²) in [7, 11) is 0. The van der Waals surface area contributed by atoms with Gasteiger partial charge in [-0.25, -0.2) is 0 Å². The highest BCUT2D eigenvalue weighted by molar-refractivity contribution is 9.10. The Labute approximate surface area is 108 Å². The lowest BCUT2D eigenvalue weighted by Gasteiger charge is -2.06. The average Bonchev–Trinajstić information content (AvgIpc) is 2.24. The highest BCUT2D eigenvalue weighted by Gasteiger charge is 2.03. The lowest BCUT2D eigenvalue weighted by atomic mass is 10.2. The van der Waals surface area contributed by atoms with E-state index in [0.29, 0.717) is 18.0 Å². The predicted octanol–water partition coefficient (Wildman–Crippen LogP) is 3.17. The number of halogens is 2. The molecule has 88 valence electrons. The van der Waals surface area contributed by atoms with Crippen LogP contribution in [0.2, 0.25) is 5.02 Å². The SMILES string of the molecule is NCCCCC(=O)Nc1ccc(Cl)c(Br)c1. The number of rotatable bonds is 5. The van der Waals surface area contributed by atoms with Crippen molar-refractivity contribution in [2.24, 2.45) is 5.73 Å². The molecule has 0 aliphatic heterocycles. The number of hydrogen-bond acceptors (Lipinski definition) is 2. The maximum Gasteiger partial charge on any atom is 0.224 e. The van der Waals surface area contributed by atoms with E-state index in [0.717, 1.165) is 23.0 Å². The lowest BCUT2D eigenvalue weighted by Crippen LogP contribution is -2.11. The number of benzene rings is 1. The van der Waals surface area contributed by atoms with E-state index < -0.39 is 0 Å². The number of anilines is 1. The fraction of sp³-hybridized carbons (Fsp3) is 0.364. The van der Waals surface area contributed by atoms with Gasteiger partial charge < -0.3 is 11.1 Å². The summed E-state index contributed by atoms with van der Waals surface area (Å²) in [5.41, 5.74) is 6.10. The number of carbonyl (C=O) groups is 1. The third-order valence-corrected chi connectivity index (χ3v) is 3.28. The standard InChI is InChI=1S/C11H14BrClN2O/c12-9-7-8(4-5-10(9)13)15-11(16)3-1-2-6-14/h4-5,7H,1-3,6,14H2,(H,15,16). The Hall–Kier alpha value is -0.580. The second-order valence-electron chi connectivity index (χ2n) is 3.42. The largest absolute Gasteiger partial charge is 0.330 e. The van der Waals surface area contributed by atoms with Gasteiger partial charge in [-0.2, -0.15) is 0 Å². The van der Waals surface area contributed by atoms with Crippen LogP contribution in [0.15, 0.2) is 22.7 Å². The molecule has 3 nitrogen and oxygen atoms in total. The van der Waals surface area contributed by atoms with E-state index in [2.05, 4.69) is 21.2 Å². The normalized spacial score (nSPS) is 10.2. The van der Waals surface area contributed by atoms with Crippen molar-refractivity contribution in [3.63, 3.8) is 0 Å². The number of carbonyl (C=O) groups excluding carboxylic acids is 1. The van der Waals surface area contributed by atoms with Gasteiger partial charge in [-0.15, -0.1) is 0 Å². The van der Waals surface area contributed by atoms with Crippen LogP contribution < -0.4 is 11.1 Å². The minimum atomic E-state index is 0.00247. The first-order valence-corrected chi connectivity index (χ1v) is 6.25. The molecule has 0 atom stereocenters. The molecule has 0 unspecified atom stereocenters. The summed E-state index contributed by atoms with van der Waals surface area (Å²) in [5, 5.41) is 3.43. The molecule has 0 saturated carbocycles. The molecule has 0 aliphatic rings. The maximum atomic E-state index is 11.5. The molecular weight excluding hydrogens is 291 g/mol. The minimum absolute atomic E-state index is 0.00247. The molecule has 1 aromatic carbocycles. The van der Waals surface area contributed by atoms with Crippen LogP contribution in [0.1, 0.15) is 19.3 Å². The predicted molar refractivity (Wildman–Crippen MR) is 70.7 cm³/mol. The highest BCUT2D eigenvalue weighted by atomic mass is 79.9. The van der Waals surface area contributed by atoms with E-state index in [4.69, 9.17) is 17.3 Å². The van der Waals surface area contributed by atoms with Crippen LogP contribution in [-0.2, 0) is 4.79 Å². The van der Waals surface area contributed by atoms with Crippen LogP contribution in [0.4, 0.5) is 5.69 Å². The van der Waals surface area contributed by atoms with Gasteiger partial charge in [0.1, 0.15) is 0 Å². The molecule has 5 heteroatoms. The van der Waals surface area contributed by atoms with E-state index >= 15 is 0 Å². The summed E-state index contributed by atoms with van der Waals surface area (Å²) >= 11 is 9.15. The molecule has 0 spiro atoms. The molecule has 3 N–H and O–H groups in total. The fourth-order valence-corrected chi connectivity index (χ4v) is 1.72. The molecule has 1 aromatic rings. The molecule has 0 bridgehead atoms. The highest BCUT2D eigenvalue weighted by Crippen LogP contribution is 2.25. The van der Waals surface area contributed by atoms with Crippen molar-refractivity contribution in [2.75, 3.05) is 11.9 Å². The zero-order valence-electron chi connectivity index (χ0n) is 8.80. The third-order valence-electron chi connectivity index (χ3n) is 2.06. The Morgan fingerprint density at radius 1 is 1.44 bits per heavy atom. The van der Waals surface area contributed by atoms with E-state index in [-0.39, 0.29) is 5.91 Å². The van der Waals surface area contributed by atoms with Crippen molar-refractivity contribution in [3.05, 3.63) is 27.7 Å². The molecule has 0 fully saturated rings. The summed E-state index contributed by atoms with van der Waals surface area (Å²) in [4.78, 5) is 11.5. The minimum Gasteiger partial charge on any atom is -0.330 e. The smallest absolute Gasteiger partial charge is 0.224 e. The van der Waals surface area contributed by atoms with E-state index in [1.807, 2.05) is 0 Å². The third kappa shape index (κ3) is 4.51. The Morgan fingerprint density at radius 2 is 2.19 bits per heavy atom. The zero-order chi connectivity index (χ0) is 12.0. The second-order valence-corrected chi connectivity index (χ2v) is 4.68. The van der Waals surface area contributed by atoms with Gasteiger partial charge in [0.25, 0.3) is 0 Å². The van der Waals surface area contributed by atoms with Crippen LogP contribution >= 0.6 is 27.5 Å². The number of hydrogen-bond donors (Lipinski definition) is 2. The topological polar surface area (TPSA) is 55.1 Å². The van der Waals surface area contributed by atoms with Crippen LogP contribution in [-0.4, -0.2) is 12.5 Å². The molecule has 0 aromatic heterocycles. The summed E-state index contributed by atoms with van der Waals surface area (Å²) in [6.07, 6.45) is 2.19. The average molecular weight is 306 g/mol. The Kier molecular flexibility index (Phi) is 5.80. The van der Waals surface area contributed by atoms with Gasteiger partial charge in [-0.3, -0.25) is 4.79 Å². The van der Waals surface area contributed by atoms with Crippen molar-refractivity contribution in [2.45, 2.75) is 19.3 Å². The summed E-state index contributed by atoms with van der Waals surface area (Å²) in [5.74, 6) is 0.00247. The van der Waals surface area contributed by atoms with Crippen LogP contribution in [0.3, 0.4) is 0 Å². The summed E-state index contributed by atoms with van der Waals surface area (Å²) in [6, 6.07) is 5.29. The molecule has 0 aliphatic carbocycles. The quantitative estimate of drug-likeness (QED) is 0.821. The lowest BCUT2D eigenvalue weighted by molar-refractivity contribution is -0.116. The van der Waals surface area contributed by atoms with Crippen LogP contribution in [0, 0.1) is 0 Å². The Morgan fingerprint density at radius 3 is 2.81 bits per heavy atom. The Bertz CT molecular complexity index is 371. The molecular formula is C11H14BrClN2O. The first-order valence-electron chi connectivity index (χ1n) is 5.08. The Balaban J connectivity index is 2.46. The van der Waals surface area contributed by atoms with Gasteiger partial charge in [0.2, 0.25) is 5.91 Å². The molecule has 16 heavy (non-hydrogen) atoms. The van der Waals surface area contributed by atoms with Crippen LogP contribution in [0.5, 0.6) is 0 Å². The van der Waals surface area contributed by atoms with Crippen molar-refractivity contribution < 1.29 is 4.79 Å².